The average Bonchev–Trinajstić information content (AvgIpc) is 3.14. The predicted octanol–water partition coefficient (Wildman–Crippen LogP) is 2.88. The van der Waals surface area contributed by atoms with Crippen molar-refractivity contribution >= 4 is 11.7 Å². The third kappa shape index (κ3) is 2.76. The highest BCUT2D eigenvalue weighted by molar-refractivity contribution is 6.01. The SMILES string of the molecule is CC1(C)CC(=O)C2=C(C1)N(c1ncn[nH]1)C(N)=C(C#N)[C@@H]2c1ccc(F)cc1. The van der Waals surface area contributed by atoms with Crippen molar-refractivity contribution in [2.24, 2.45) is 11.1 Å². The second-order valence-electron chi connectivity index (χ2n) is 7.84. The molecule has 8 heteroatoms. The fraction of sp³-hybridized carbons (Fsp3) is 0.300. The van der Waals surface area contributed by atoms with E-state index in [0.29, 0.717) is 35.6 Å². The Morgan fingerprint density at radius 2 is 2.04 bits per heavy atom. The molecule has 1 aliphatic heterocycles. The molecule has 4 rings (SSSR count). The Morgan fingerprint density at radius 3 is 2.64 bits per heavy atom. The van der Waals surface area contributed by atoms with E-state index in [1.807, 2.05) is 13.8 Å². The Bertz CT molecular complexity index is 1040. The molecule has 0 unspecified atom stereocenters. The number of Topliss-reactive ketones (excluding diaryl/α,β-unsaturated/α-hetero) is 1. The zero-order valence-electron chi connectivity index (χ0n) is 15.5. The van der Waals surface area contributed by atoms with Crippen molar-refractivity contribution in [3.8, 4) is 6.07 Å². The summed E-state index contributed by atoms with van der Waals surface area (Å²) in [4.78, 5) is 19.0. The molecule has 1 aromatic carbocycles. The number of allylic oxidation sites excluding steroid dienone is 3. The molecule has 1 aliphatic carbocycles. The van der Waals surface area contributed by atoms with Crippen molar-refractivity contribution in [1.29, 1.82) is 5.26 Å². The monoisotopic (exact) mass is 378 g/mol. The lowest BCUT2D eigenvalue weighted by atomic mass is 9.68. The Morgan fingerprint density at radius 1 is 1.32 bits per heavy atom. The van der Waals surface area contributed by atoms with Crippen molar-refractivity contribution in [3.05, 3.63) is 64.6 Å². The van der Waals surface area contributed by atoms with Crippen LogP contribution in [-0.4, -0.2) is 21.0 Å². The second kappa shape index (κ2) is 6.30. The largest absolute Gasteiger partial charge is 0.384 e. The molecule has 7 nitrogen and oxygen atoms in total. The molecule has 0 radical (unpaired) electrons. The van der Waals surface area contributed by atoms with Gasteiger partial charge in [-0.05, 0) is 29.5 Å². The summed E-state index contributed by atoms with van der Waals surface area (Å²) in [6, 6.07) is 7.97. The molecule has 2 heterocycles. The van der Waals surface area contributed by atoms with Crippen LogP contribution in [0.4, 0.5) is 10.3 Å². The van der Waals surface area contributed by atoms with E-state index in [9.17, 15) is 14.4 Å². The number of hydrogen-bond donors (Lipinski definition) is 2. The summed E-state index contributed by atoms with van der Waals surface area (Å²) >= 11 is 0. The molecule has 3 N–H and O–H groups in total. The minimum atomic E-state index is -0.636. The molecule has 28 heavy (non-hydrogen) atoms. The van der Waals surface area contributed by atoms with Crippen LogP contribution in [0.3, 0.4) is 0 Å². The molecule has 142 valence electrons. The van der Waals surface area contributed by atoms with Crippen molar-refractivity contribution in [3.63, 3.8) is 0 Å². The number of nitrogens with one attached hydrogen (secondary N) is 1. The lowest BCUT2D eigenvalue weighted by Crippen LogP contribution is -2.42. The molecule has 2 aliphatic rings. The molecule has 1 aromatic heterocycles. The number of carbonyl (C=O) groups excluding carboxylic acids is 1. The van der Waals surface area contributed by atoms with Crippen LogP contribution in [-0.2, 0) is 4.79 Å². The van der Waals surface area contributed by atoms with E-state index in [4.69, 9.17) is 5.73 Å². The van der Waals surface area contributed by atoms with Crippen LogP contribution in [0.1, 0.15) is 38.2 Å². The van der Waals surface area contributed by atoms with Gasteiger partial charge < -0.3 is 5.73 Å². The molecule has 0 fully saturated rings. The molecule has 0 spiro atoms. The predicted molar refractivity (Wildman–Crippen MR) is 99.9 cm³/mol. The molecule has 0 saturated carbocycles. The van der Waals surface area contributed by atoms with Crippen molar-refractivity contribution in [2.75, 3.05) is 4.90 Å². The first-order chi connectivity index (χ1) is 13.3. The summed E-state index contributed by atoms with van der Waals surface area (Å²) in [6.07, 6.45) is 2.27. The number of halogens is 1. The maximum atomic E-state index is 13.5. The van der Waals surface area contributed by atoms with Crippen molar-refractivity contribution < 1.29 is 9.18 Å². The van der Waals surface area contributed by atoms with E-state index < -0.39 is 5.92 Å². The first-order valence-corrected chi connectivity index (χ1v) is 8.89. The number of benzene rings is 1. The summed E-state index contributed by atoms with van der Waals surface area (Å²) in [7, 11) is 0. The number of carbonyl (C=O) groups is 1. The fourth-order valence-corrected chi connectivity index (χ4v) is 4.05. The lowest BCUT2D eigenvalue weighted by Gasteiger charge is -2.42. The van der Waals surface area contributed by atoms with Gasteiger partial charge in [-0.2, -0.15) is 15.3 Å². The lowest BCUT2D eigenvalue weighted by molar-refractivity contribution is -0.118. The van der Waals surface area contributed by atoms with E-state index in [1.165, 1.54) is 18.5 Å². The summed E-state index contributed by atoms with van der Waals surface area (Å²) in [5.74, 6) is -0.532. The van der Waals surface area contributed by atoms with Crippen molar-refractivity contribution in [2.45, 2.75) is 32.6 Å². The Kier molecular flexibility index (Phi) is 4.03. The maximum Gasteiger partial charge on any atom is 0.231 e. The van der Waals surface area contributed by atoms with Crippen LogP contribution in [0.15, 0.2) is 53.3 Å². The maximum absolute atomic E-state index is 13.5. The van der Waals surface area contributed by atoms with Gasteiger partial charge in [0.2, 0.25) is 5.95 Å². The van der Waals surface area contributed by atoms with Crippen LogP contribution in [0.25, 0.3) is 0 Å². The highest BCUT2D eigenvalue weighted by Crippen LogP contribution is 2.49. The van der Waals surface area contributed by atoms with Gasteiger partial charge in [0.05, 0.1) is 17.6 Å². The number of nitriles is 1. The van der Waals surface area contributed by atoms with E-state index in [-0.39, 0.29) is 28.4 Å². The van der Waals surface area contributed by atoms with E-state index in [0.717, 1.165) is 0 Å². The molecule has 1 atom stereocenters. The average molecular weight is 378 g/mol. The van der Waals surface area contributed by atoms with Crippen LogP contribution in [0.2, 0.25) is 0 Å². The third-order valence-electron chi connectivity index (χ3n) is 5.20. The number of hydrogen-bond acceptors (Lipinski definition) is 6. The van der Waals surface area contributed by atoms with Gasteiger partial charge in [-0.15, -0.1) is 0 Å². The molecular weight excluding hydrogens is 359 g/mol. The van der Waals surface area contributed by atoms with Gasteiger partial charge in [0.25, 0.3) is 0 Å². The number of aromatic nitrogens is 3. The number of rotatable bonds is 2. The first kappa shape index (κ1) is 17.9. The van der Waals surface area contributed by atoms with Crippen LogP contribution in [0, 0.1) is 22.6 Å². The summed E-state index contributed by atoms with van der Waals surface area (Å²) in [6.45, 7) is 4.03. The third-order valence-corrected chi connectivity index (χ3v) is 5.20. The molecular formula is C20H19FN6O. The normalized spacial score (nSPS) is 21.6. The molecule has 0 bridgehead atoms. The van der Waals surface area contributed by atoms with Gasteiger partial charge in [-0.1, -0.05) is 26.0 Å². The van der Waals surface area contributed by atoms with Gasteiger partial charge in [-0.3, -0.25) is 9.69 Å². The molecule has 0 amide bonds. The summed E-state index contributed by atoms with van der Waals surface area (Å²) in [5.41, 5.74) is 8.22. The number of anilines is 1. The second-order valence-corrected chi connectivity index (χ2v) is 7.84. The van der Waals surface area contributed by atoms with Crippen molar-refractivity contribution in [1.82, 2.24) is 15.2 Å². The minimum absolute atomic E-state index is 0.0506. The van der Waals surface area contributed by atoms with Crippen LogP contribution >= 0.6 is 0 Å². The quantitative estimate of drug-likeness (QED) is 0.831. The number of nitrogens with two attached hydrogens (primary N) is 1. The van der Waals surface area contributed by atoms with Gasteiger partial charge >= 0.3 is 0 Å². The number of aromatic amines is 1. The zero-order valence-corrected chi connectivity index (χ0v) is 15.5. The van der Waals surface area contributed by atoms with Gasteiger partial charge in [0.15, 0.2) is 5.78 Å². The van der Waals surface area contributed by atoms with E-state index >= 15 is 0 Å². The highest BCUT2D eigenvalue weighted by Gasteiger charge is 2.45. The summed E-state index contributed by atoms with van der Waals surface area (Å²) < 4.78 is 13.5. The number of ketones is 1. The highest BCUT2D eigenvalue weighted by atomic mass is 19.1. The smallest absolute Gasteiger partial charge is 0.231 e. The number of nitrogens with zero attached hydrogens (tertiary/aromatic N) is 4. The van der Waals surface area contributed by atoms with Crippen LogP contribution in [0.5, 0.6) is 0 Å². The summed E-state index contributed by atoms with van der Waals surface area (Å²) in [5, 5.41) is 16.5. The Balaban J connectivity index is 1.99. The Hall–Kier alpha value is -3.47. The number of H-pyrrole nitrogens is 1. The first-order valence-electron chi connectivity index (χ1n) is 8.89. The fourth-order valence-electron chi connectivity index (χ4n) is 4.05. The zero-order chi connectivity index (χ0) is 20.1. The molecule has 0 saturated heterocycles. The van der Waals surface area contributed by atoms with E-state index in [1.54, 1.807) is 17.0 Å². The van der Waals surface area contributed by atoms with Gasteiger partial charge in [0, 0.05) is 17.7 Å². The standard InChI is InChI=1S/C20H19FN6O/c1-20(2)7-14-17(15(28)8-20)16(11-3-5-12(21)6-4-11)13(9-22)18(23)27(14)19-24-10-25-26-19/h3-6,10,16H,7-8,23H2,1-2H3,(H,24,25,26)/t16-/m0/s1. The van der Waals surface area contributed by atoms with Gasteiger partial charge in [-0.25, -0.2) is 9.49 Å². The van der Waals surface area contributed by atoms with Gasteiger partial charge in [0.1, 0.15) is 18.0 Å². The Labute approximate surface area is 161 Å². The molecule has 2 aromatic rings. The van der Waals surface area contributed by atoms with E-state index in [2.05, 4.69) is 21.3 Å². The topological polar surface area (TPSA) is 112 Å². The van der Waals surface area contributed by atoms with Crippen LogP contribution < -0.4 is 10.6 Å². The minimum Gasteiger partial charge on any atom is -0.384 e.